The van der Waals surface area contributed by atoms with Crippen molar-refractivity contribution < 1.29 is 17.8 Å². The van der Waals surface area contributed by atoms with Crippen LogP contribution in [-0.4, -0.2) is 18.9 Å². The van der Waals surface area contributed by atoms with Crippen molar-refractivity contribution in [2.45, 2.75) is 11.8 Å². The molecule has 0 aliphatic carbocycles. The highest BCUT2D eigenvalue weighted by molar-refractivity contribution is 7.86. The van der Waals surface area contributed by atoms with Crippen molar-refractivity contribution in [2.75, 3.05) is 5.32 Å². The Kier molecular flexibility index (Phi) is 2.96. The maximum absolute atomic E-state index is 10.8. The summed E-state index contributed by atoms with van der Waals surface area (Å²) >= 11 is 0. The molecule has 6 nitrogen and oxygen atoms in total. The molecular formula is C8H9N2O4S. The van der Waals surface area contributed by atoms with Crippen molar-refractivity contribution in [1.29, 1.82) is 0 Å². The van der Waals surface area contributed by atoms with Gasteiger partial charge in [-0.3, -0.25) is 15.1 Å². The van der Waals surface area contributed by atoms with Gasteiger partial charge >= 0.3 is 0 Å². The number of carbonyl (C=O) groups is 1. The van der Waals surface area contributed by atoms with E-state index in [1.165, 1.54) is 19.1 Å². The van der Waals surface area contributed by atoms with Gasteiger partial charge in [0, 0.05) is 12.6 Å². The molecule has 0 aliphatic rings. The fraction of sp³-hybridized carbons (Fsp3) is 0.125. The Labute approximate surface area is 86.8 Å². The first-order valence-corrected chi connectivity index (χ1v) is 5.35. The molecule has 3 N–H and O–H groups in total. The fourth-order valence-corrected chi connectivity index (χ4v) is 1.64. The minimum atomic E-state index is -4.43. The first kappa shape index (κ1) is 11.5. The summed E-state index contributed by atoms with van der Waals surface area (Å²) in [4.78, 5) is 10.2. The van der Waals surface area contributed by atoms with Crippen molar-refractivity contribution in [3.05, 3.63) is 18.2 Å². The van der Waals surface area contributed by atoms with Crippen molar-refractivity contribution in [2.24, 2.45) is 0 Å². The number of rotatable bonds is 2. The molecule has 1 amide bonds. The van der Waals surface area contributed by atoms with E-state index >= 15 is 0 Å². The highest BCUT2D eigenvalue weighted by Gasteiger charge is 2.15. The molecule has 0 bridgehead atoms. The fourth-order valence-electron chi connectivity index (χ4n) is 1.02. The van der Waals surface area contributed by atoms with Crippen molar-refractivity contribution in [3.8, 4) is 0 Å². The molecule has 7 heteroatoms. The third-order valence-electron chi connectivity index (χ3n) is 1.58. The maximum Gasteiger partial charge on any atom is 0.296 e. The SMILES string of the molecule is CC(=O)Nc1ccc([NH])c(S(=O)(=O)O)c1. The monoisotopic (exact) mass is 229 g/mol. The lowest BCUT2D eigenvalue weighted by atomic mass is 10.3. The summed E-state index contributed by atoms with van der Waals surface area (Å²) in [6, 6.07) is 3.58. The lowest BCUT2D eigenvalue weighted by Crippen LogP contribution is -2.07. The zero-order valence-electron chi connectivity index (χ0n) is 7.81. The van der Waals surface area contributed by atoms with E-state index in [2.05, 4.69) is 5.32 Å². The van der Waals surface area contributed by atoms with Gasteiger partial charge in [0.25, 0.3) is 10.1 Å². The molecule has 0 unspecified atom stereocenters. The van der Waals surface area contributed by atoms with E-state index < -0.39 is 15.0 Å². The van der Waals surface area contributed by atoms with Crippen molar-refractivity contribution >= 4 is 27.4 Å². The number of anilines is 1. The van der Waals surface area contributed by atoms with E-state index in [1.54, 1.807) is 0 Å². The predicted octanol–water partition coefficient (Wildman–Crippen LogP) is 0.806. The number of hydrogen-bond acceptors (Lipinski definition) is 3. The third-order valence-corrected chi connectivity index (χ3v) is 2.47. The molecule has 0 aliphatic heterocycles. The zero-order valence-corrected chi connectivity index (χ0v) is 8.63. The molecule has 1 radical (unpaired) electrons. The molecule has 0 fully saturated rings. The molecule has 81 valence electrons. The molecule has 1 aromatic rings. The van der Waals surface area contributed by atoms with Gasteiger partial charge in [0.2, 0.25) is 5.91 Å². The van der Waals surface area contributed by atoms with E-state index in [0.717, 1.165) is 6.07 Å². The topological polar surface area (TPSA) is 107 Å². The van der Waals surface area contributed by atoms with Gasteiger partial charge in [-0.25, -0.2) is 0 Å². The van der Waals surface area contributed by atoms with Gasteiger partial charge in [-0.15, -0.1) is 0 Å². The predicted molar refractivity (Wildman–Crippen MR) is 53.3 cm³/mol. The first-order valence-electron chi connectivity index (χ1n) is 3.91. The van der Waals surface area contributed by atoms with Crippen LogP contribution in [0.1, 0.15) is 6.92 Å². The highest BCUT2D eigenvalue weighted by atomic mass is 32.2. The number of amides is 1. The molecule has 0 spiro atoms. The summed E-state index contributed by atoms with van der Waals surface area (Å²) in [7, 11) is -4.43. The zero-order chi connectivity index (χ0) is 11.6. The minimum Gasteiger partial charge on any atom is -0.326 e. The average molecular weight is 229 g/mol. The van der Waals surface area contributed by atoms with Crippen LogP contribution >= 0.6 is 0 Å². The second-order valence-electron chi connectivity index (χ2n) is 2.87. The molecule has 1 aromatic carbocycles. The Bertz CT molecular complexity index is 495. The molecule has 15 heavy (non-hydrogen) atoms. The second kappa shape index (κ2) is 3.87. The Balaban J connectivity index is 3.23. The Morgan fingerprint density at radius 2 is 2.07 bits per heavy atom. The summed E-state index contributed by atoms with van der Waals surface area (Å²) < 4.78 is 30.4. The van der Waals surface area contributed by atoms with Crippen LogP contribution in [0.2, 0.25) is 0 Å². The second-order valence-corrected chi connectivity index (χ2v) is 4.26. The van der Waals surface area contributed by atoms with E-state index in [-0.39, 0.29) is 17.3 Å². The van der Waals surface area contributed by atoms with Crippen molar-refractivity contribution in [3.63, 3.8) is 0 Å². The molecule has 0 saturated heterocycles. The Hall–Kier alpha value is -1.60. The van der Waals surface area contributed by atoms with Gasteiger partial charge in [-0.2, -0.15) is 8.42 Å². The molecule has 0 saturated carbocycles. The van der Waals surface area contributed by atoms with Crippen LogP contribution in [0.3, 0.4) is 0 Å². The summed E-state index contributed by atoms with van der Waals surface area (Å²) in [5, 5.41) is 2.35. The van der Waals surface area contributed by atoms with Gasteiger partial charge in [-0.1, -0.05) is 0 Å². The van der Waals surface area contributed by atoms with E-state index in [4.69, 9.17) is 10.3 Å². The van der Waals surface area contributed by atoms with E-state index in [9.17, 15) is 13.2 Å². The van der Waals surface area contributed by atoms with Gasteiger partial charge in [0.1, 0.15) is 4.90 Å². The van der Waals surface area contributed by atoms with Crippen LogP contribution in [0.15, 0.2) is 23.1 Å². The van der Waals surface area contributed by atoms with Gasteiger partial charge in [0.05, 0.1) is 5.69 Å². The summed E-state index contributed by atoms with van der Waals surface area (Å²) in [6.07, 6.45) is 0. The van der Waals surface area contributed by atoms with Gasteiger partial charge in [-0.05, 0) is 18.2 Å². The van der Waals surface area contributed by atoms with Gasteiger partial charge < -0.3 is 5.32 Å². The Morgan fingerprint density at radius 1 is 1.47 bits per heavy atom. The largest absolute Gasteiger partial charge is 0.326 e. The summed E-state index contributed by atoms with van der Waals surface area (Å²) in [6.45, 7) is 1.27. The average Bonchev–Trinajstić information content (AvgIpc) is 2.05. The molecule has 0 aromatic heterocycles. The van der Waals surface area contributed by atoms with Crippen LogP contribution in [0.4, 0.5) is 11.4 Å². The molecule has 0 atom stereocenters. The summed E-state index contributed by atoms with van der Waals surface area (Å²) in [5.74, 6) is -0.367. The smallest absolute Gasteiger partial charge is 0.296 e. The molecular weight excluding hydrogens is 220 g/mol. The standard InChI is InChI=1S/C8H9N2O4S/c1-5(11)10-6-2-3-7(9)8(4-6)15(12,13)14/h2-4,9H,1H3,(H,10,11)(H,12,13,14). The normalized spacial score (nSPS) is 11.1. The van der Waals surface area contributed by atoms with Crippen LogP contribution in [0.25, 0.3) is 0 Å². The minimum absolute atomic E-state index is 0.214. The quantitative estimate of drug-likeness (QED) is 0.731. The maximum atomic E-state index is 10.8. The molecule has 0 heterocycles. The third kappa shape index (κ3) is 2.93. The number of nitrogens with one attached hydrogen (secondary N) is 2. The number of carbonyl (C=O) groups excluding carboxylic acids is 1. The van der Waals surface area contributed by atoms with Crippen LogP contribution in [0, 0.1) is 0 Å². The van der Waals surface area contributed by atoms with E-state index in [1.807, 2.05) is 0 Å². The molecule has 1 rings (SSSR count). The summed E-state index contributed by atoms with van der Waals surface area (Å²) in [5.41, 5.74) is 7.14. The lowest BCUT2D eigenvalue weighted by molar-refractivity contribution is -0.114. The van der Waals surface area contributed by atoms with Gasteiger partial charge in [0.15, 0.2) is 0 Å². The van der Waals surface area contributed by atoms with Crippen LogP contribution in [0.5, 0.6) is 0 Å². The van der Waals surface area contributed by atoms with E-state index in [0.29, 0.717) is 0 Å². The Morgan fingerprint density at radius 3 is 2.53 bits per heavy atom. The van der Waals surface area contributed by atoms with Crippen LogP contribution < -0.4 is 11.1 Å². The lowest BCUT2D eigenvalue weighted by Gasteiger charge is -2.05. The highest BCUT2D eigenvalue weighted by Crippen LogP contribution is 2.23. The van der Waals surface area contributed by atoms with Crippen molar-refractivity contribution in [1.82, 2.24) is 5.73 Å². The first-order chi connectivity index (χ1) is 6.80. The van der Waals surface area contributed by atoms with Crippen LogP contribution in [-0.2, 0) is 14.9 Å². The number of hydrogen-bond donors (Lipinski definition) is 2. The number of benzene rings is 1.